The molecule has 0 saturated carbocycles. The van der Waals surface area contributed by atoms with Crippen LogP contribution in [0.2, 0.25) is 0 Å². The van der Waals surface area contributed by atoms with Gasteiger partial charge in [-0.05, 0) is 110 Å². The van der Waals surface area contributed by atoms with Crippen LogP contribution in [0.15, 0.2) is 270 Å². The van der Waals surface area contributed by atoms with E-state index in [-0.39, 0.29) is 22.3 Å². The van der Waals surface area contributed by atoms with Crippen LogP contribution in [0.25, 0.3) is 99.2 Å². The first-order valence-electron chi connectivity index (χ1n) is 39.6. The van der Waals surface area contributed by atoms with Crippen molar-refractivity contribution in [2.75, 3.05) is 0 Å². The monoisotopic (exact) mass is 946 g/mol. The van der Waals surface area contributed by atoms with Crippen molar-refractivity contribution in [3.63, 3.8) is 0 Å². The Morgan fingerprint density at radius 3 is 1.44 bits per heavy atom. The van der Waals surface area contributed by atoms with Crippen LogP contribution in [0.3, 0.4) is 0 Å². The molecule has 0 aliphatic rings. The molecule has 0 bridgehead atoms. The summed E-state index contributed by atoms with van der Waals surface area (Å²) in [5.74, 6) is 0. The molecule has 3 nitrogen and oxygen atoms in total. The summed E-state index contributed by atoms with van der Waals surface area (Å²) in [6.45, 7) is 0. The molecule has 0 radical (unpaired) electrons. The van der Waals surface area contributed by atoms with Crippen LogP contribution >= 0.6 is 0 Å². The molecule has 70 heavy (non-hydrogen) atoms. The van der Waals surface area contributed by atoms with Gasteiger partial charge < -0.3 is 13.6 Å². The lowest BCUT2D eigenvalue weighted by molar-refractivity contribution is 0.666. The Balaban J connectivity index is 1.14. The standard InChI is InChI=1S/C66H44N2OSi/c1-4-22-50(23-5-1)70(51-24-6-2-7-25-51,52-26-8-3-9-27-52)53-28-17-21-49(44-53)67-60-33-13-10-29-54(60)58-42-47(37-39-62(58)67)45-19-16-20-46(41-45)48-38-40-63-59(43-48)55-30-11-14-34-61(55)68(63)64-35-18-32-57-56-31-12-15-36-65(56)69-66(57)64/h1-44H/i1D,2D,3D,4D,5D,6D,7D,8D,9D,10D,11D,13D,14D,16D,17D,19D,20D,21D,22D,23D,24D,25D,26D,27D,28D,29D,30D,33D,34D,37D,38D,39D,40D,41D,42D,43D,44D. The molecule has 3 heterocycles. The first-order valence-corrected chi connectivity index (χ1v) is 23.1. The van der Waals surface area contributed by atoms with Crippen molar-refractivity contribution in [3.05, 3.63) is 266 Å². The van der Waals surface area contributed by atoms with E-state index in [1.165, 1.54) is 10.6 Å². The fourth-order valence-electron chi connectivity index (χ4n) is 8.94. The Morgan fingerprint density at radius 1 is 0.329 bits per heavy atom. The number of benzene rings is 11. The minimum Gasteiger partial charge on any atom is -0.454 e. The highest BCUT2D eigenvalue weighted by Crippen LogP contribution is 2.40. The van der Waals surface area contributed by atoms with Crippen LogP contribution in [0.1, 0.15) is 50.7 Å². The number of para-hydroxylation sites is 4. The fraction of sp³-hybridized carbons (Fsp3) is 0. The van der Waals surface area contributed by atoms with Gasteiger partial charge in [0.1, 0.15) is 5.58 Å². The quantitative estimate of drug-likeness (QED) is 0.110. The molecule has 0 N–H and O–H groups in total. The van der Waals surface area contributed by atoms with E-state index in [1.54, 1.807) is 36.4 Å². The number of nitrogens with zero attached hydrogens (tertiary/aromatic N) is 2. The Morgan fingerprint density at radius 2 is 0.814 bits per heavy atom. The van der Waals surface area contributed by atoms with Crippen LogP contribution in [0, 0.1) is 0 Å². The summed E-state index contributed by atoms with van der Waals surface area (Å²) in [4.78, 5) is 0. The molecule has 0 atom stereocenters. The maximum absolute atomic E-state index is 10.6. The lowest BCUT2D eigenvalue weighted by atomic mass is 9.97. The molecular weight excluding hydrogens is 865 g/mol. The largest absolute Gasteiger partial charge is 0.454 e. The van der Waals surface area contributed by atoms with Gasteiger partial charge in [-0.1, -0.05) is 200 Å². The van der Waals surface area contributed by atoms with Crippen LogP contribution in [-0.2, 0) is 0 Å². The van der Waals surface area contributed by atoms with Crippen molar-refractivity contribution in [2.24, 2.45) is 0 Å². The third-order valence-electron chi connectivity index (χ3n) is 11.9. The van der Waals surface area contributed by atoms with E-state index in [2.05, 4.69) is 0 Å². The minimum atomic E-state index is -6.63. The topological polar surface area (TPSA) is 23.0 Å². The smallest absolute Gasteiger partial charge is 0.179 e. The van der Waals surface area contributed by atoms with Gasteiger partial charge in [0.05, 0.1) is 78.5 Å². The van der Waals surface area contributed by atoms with E-state index in [0.29, 0.717) is 20.9 Å². The van der Waals surface area contributed by atoms with Crippen LogP contribution in [0.4, 0.5) is 0 Å². The molecule has 0 unspecified atom stereocenters. The van der Waals surface area contributed by atoms with E-state index >= 15 is 0 Å². The Kier molecular flexibility index (Phi) is 4.10. The zero-order chi connectivity index (χ0) is 78.4. The van der Waals surface area contributed by atoms with Crippen molar-refractivity contribution in [1.29, 1.82) is 0 Å². The highest BCUT2D eigenvalue weighted by molar-refractivity contribution is 7.19. The highest BCUT2D eigenvalue weighted by Gasteiger charge is 2.41. The number of rotatable bonds is 8. The average molecular weight is 946 g/mol. The van der Waals surface area contributed by atoms with E-state index < -0.39 is 313 Å². The van der Waals surface area contributed by atoms with Crippen molar-refractivity contribution in [1.82, 2.24) is 9.13 Å². The number of furan rings is 1. The van der Waals surface area contributed by atoms with Crippen LogP contribution < -0.4 is 20.7 Å². The van der Waals surface area contributed by atoms with Crippen LogP contribution in [0.5, 0.6) is 0 Å². The van der Waals surface area contributed by atoms with E-state index in [4.69, 9.17) is 22.2 Å². The highest BCUT2D eigenvalue weighted by atomic mass is 28.3. The molecule has 4 heteroatoms. The minimum absolute atomic E-state index is 0.0797. The maximum Gasteiger partial charge on any atom is 0.179 e. The first-order chi connectivity index (χ1) is 50.1. The van der Waals surface area contributed by atoms with Gasteiger partial charge in [0, 0.05) is 38.0 Å². The first kappa shape index (κ1) is 17.8. The fourth-order valence-corrected chi connectivity index (χ4v) is 12.5. The summed E-state index contributed by atoms with van der Waals surface area (Å²) in [6, 6.07) is -31.8. The van der Waals surface area contributed by atoms with Gasteiger partial charge in [-0.3, -0.25) is 0 Å². The van der Waals surface area contributed by atoms with E-state index in [0.717, 1.165) is 0 Å². The summed E-state index contributed by atoms with van der Waals surface area (Å²) in [6.07, 6.45) is 0. The summed E-state index contributed by atoms with van der Waals surface area (Å²) in [5, 5.41) is -6.56. The molecule has 3 aromatic heterocycles. The molecule has 11 aromatic carbocycles. The second kappa shape index (κ2) is 16.1. The van der Waals surface area contributed by atoms with Gasteiger partial charge >= 0.3 is 0 Å². The molecule has 14 aromatic rings. The second-order valence-corrected chi connectivity index (χ2v) is 19.0. The number of fused-ring (bicyclic) bond motifs is 9. The SMILES string of the molecule is [2H]c1c([2H])c([2H])c([Si](c2c([2H])c([2H])c([2H])c([2H])c2[2H])(c2c([2H])c([2H])c([2H])c([2H])c2[2H])c2c([2H])c([2H])c([2H])c(-n3c4c([2H])c([2H])c([2H])c([2H])c4c4c([2H])c(-c5c([2H])c([2H])c([2H])c(-c6c([2H])c([2H])c7c(c6[2H])c6c([2H])c([2H])c([2H])c([2H])c6n7-c6cccc7c6oc6ccccc67)c5[2H])c([2H])c([2H])c43)c2[2H])c([2H])c1[2H]. The van der Waals surface area contributed by atoms with Gasteiger partial charge in [-0.15, -0.1) is 0 Å². The molecule has 0 aliphatic carbocycles. The van der Waals surface area contributed by atoms with Gasteiger partial charge in [0.15, 0.2) is 13.7 Å². The lowest BCUT2D eigenvalue weighted by Crippen LogP contribution is -2.74. The van der Waals surface area contributed by atoms with Crippen molar-refractivity contribution < 1.29 is 55.1 Å². The van der Waals surface area contributed by atoms with E-state index in [9.17, 15) is 32.9 Å². The van der Waals surface area contributed by atoms with Gasteiger partial charge in [0.25, 0.3) is 0 Å². The third-order valence-corrected chi connectivity index (χ3v) is 15.9. The van der Waals surface area contributed by atoms with Gasteiger partial charge in [-0.2, -0.15) is 0 Å². The zero-order valence-electron chi connectivity index (χ0n) is 72.3. The lowest BCUT2D eigenvalue weighted by Gasteiger charge is -2.34. The molecule has 14 rings (SSSR count). The van der Waals surface area contributed by atoms with Gasteiger partial charge in [0.2, 0.25) is 0 Å². The molecule has 0 fully saturated rings. The molecule has 0 amide bonds. The Hall–Kier alpha value is -8.96. The number of hydrogen-bond donors (Lipinski definition) is 0. The van der Waals surface area contributed by atoms with Crippen molar-refractivity contribution in [3.8, 4) is 33.6 Å². The van der Waals surface area contributed by atoms with Gasteiger partial charge in [-0.25, -0.2) is 0 Å². The molecule has 0 aliphatic heterocycles. The third kappa shape index (κ3) is 6.13. The van der Waals surface area contributed by atoms with Crippen LogP contribution in [-0.4, -0.2) is 17.2 Å². The number of aromatic nitrogens is 2. The molecular formula is C66H44N2OSi. The second-order valence-electron chi connectivity index (χ2n) is 15.5. The van der Waals surface area contributed by atoms with E-state index in [1.807, 2.05) is 0 Å². The molecule has 0 saturated heterocycles. The predicted molar refractivity (Wildman–Crippen MR) is 297 cm³/mol. The van der Waals surface area contributed by atoms with Crippen molar-refractivity contribution in [2.45, 2.75) is 0 Å². The molecule has 0 spiro atoms. The Labute approximate surface area is 458 Å². The zero-order valence-corrected chi connectivity index (χ0v) is 36.3. The summed E-state index contributed by atoms with van der Waals surface area (Å²) >= 11 is 0. The molecule has 328 valence electrons. The maximum atomic E-state index is 10.6. The Bertz CT molecular complexity index is 6300. The normalized spacial score (nSPS) is 19.4. The van der Waals surface area contributed by atoms with Crippen molar-refractivity contribution >= 4 is 94.4 Å². The summed E-state index contributed by atoms with van der Waals surface area (Å²) < 4.78 is 358. The predicted octanol–water partition coefficient (Wildman–Crippen LogP) is 14.5. The average Bonchev–Trinajstić information content (AvgIpc) is 1.60. The summed E-state index contributed by atoms with van der Waals surface area (Å²) in [7, 11) is -6.63. The number of hydrogen-bond acceptors (Lipinski definition) is 1. The summed E-state index contributed by atoms with van der Waals surface area (Å²) in [5.41, 5.74) is -7.08.